The first-order valence-electron chi connectivity index (χ1n) is 7.09. The Labute approximate surface area is 130 Å². The Bertz CT molecular complexity index is 558. The fourth-order valence-corrected chi connectivity index (χ4v) is 2.91. The highest BCUT2D eigenvalue weighted by Crippen LogP contribution is 2.27. The average Bonchev–Trinajstić information content (AvgIpc) is 2.90. The van der Waals surface area contributed by atoms with Crippen LogP contribution in [0.15, 0.2) is 41.9 Å². The molecule has 2 rings (SSSR count). The highest BCUT2D eigenvalue weighted by atomic mass is 32.1. The van der Waals surface area contributed by atoms with Crippen LogP contribution in [0.2, 0.25) is 0 Å². The van der Waals surface area contributed by atoms with Gasteiger partial charge in [-0.3, -0.25) is 4.79 Å². The molecule has 4 heteroatoms. The topological polar surface area (TPSA) is 39.2 Å². The minimum absolute atomic E-state index is 0.0715. The van der Waals surface area contributed by atoms with Crippen LogP contribution in [0.5, 0.6) is 0 Å². The number of hydrogen-bond donors (Lipinski definition) is 0. The molecule has 0 aliphatic heterocycles. The molecule has 21 heavy (non-hydrogen) atoms. The molecule has 0 saturated heterocycles. The van der Waals surface area contributed by atoms with E-state index >= 15 is 0 Å². The third-order valence-corrected chi connectivity index (χ3v) is 3.90. The molecule has 0 bridgehead atoms. The van der Waals surface area contributed by atoms with Crippen LogP contribution in [0.25, 0.3) is 0 Å². The van der Waals surface area contributed by atoms with Crippen LogP contribution in [0, 0.1) is 0 Å². The lowest BCUT2D eigenvalue weighted by molar-refractivity contribution is -0.155. The van der Waals surface area contributed by atoms with Crippen LogP contribution in [-0.2, 0) is 16.0 Å². The Morgan fingerprint density at radius 2 is 2.00 bits per heavy atom. The van der Waals surface area contributed by atoms with Crippen molar-refractivity contribution in [3.63, 3.8) is 0 Å². The molecular formula is C17H21NO2S. The van der Waals surface area contributed by atoms with Crippen molar-refractivity contribution in [2.24, 2.45) is 0 Å². The van der Waals surface area contributed by atoms with Gasteiger partial charge in [0, 0.05) is 17.5 Å². The third kappa shape index (κ3) is 5.31. The zero-order valence-corrected chi connectivity index (χ0v) is 13.5. The summed E-state index contributed by atoms with van der Waals surface area (Å²) in [5.41, 5.74) is 0.762. The zero-order valence-electron chi connectivity index (χ0n) is 12.7. The van der Waals surface area contributed by atoms with Gasteiger partial charge in [0.05, 0.1) is 11.4 Å². The van der Waals surface area contributed by atoms with Gasteiger partial charge in [0.1, 0.15) is 5.60 Å². The second kappa shape index (κ2) is 6.85. The Kier molecular flexibility index (Phi) is 5.12. The number of esters is 1. The molecule has 112 valence electrons. The van der Waals surface area contributed by atoms with E-state index in [0.29, 0.717) is 6.42 Å². The molecule has 0 fully saturated rings. The minimum atomic E-state index is -0.447. The fourth-order valence-electron chi connectivity index (χ4n) is 2.17. The summed E-state index contributed by atoms with van der Waals surface area (Å²) in [6.07, 6.45) is 2.94. The maximum absolute atomic E-state index is 12.1. The van der Waals surface area contributed by atoms with Crippen molar-refractivity contribution in [1.29, 1.82) is 0 Å². The maximum Gasteiger partial charge on any atom is 0.307 e. The van der Waals surface area contributed by atoms with Gasteiger partial charge in [-0.2, -0.15) is 0 Å². The smallest absolute Gasteiger partial charge is 0.307 e. The molecule has 0 radical (unpaired) electrons. The average molecular weight is 303 g/mol. The van der Waals surface area contributed by atoms with Gasteiger partial charge in [0.15, 0.2) is 0 Å². The zero-order chi connectivity index (χ0) is 15.3. The number of rotatable bonds is 5. The van der Waals surface area contributed by atoms with Gasteiger partial charge in [-0.15, -0.1) is 11.3 Å². The molecule has 1 heterocycles. The summed E-state index contributed by atoms with van der Waals surface area (Å²) < 4.78 is 5.44. The molecular weight excluding hydrogens is 282 g/mol. The fraction of sp³-hybridized carbons (Fsp3) is 0.412. The maximum atomic E-state index is 12.1. The van der Waals surface area contributed by atoms with E-state index in [4.69, 9.17) is 4.74 Å². The van der Waals surface area contributed by atoms with Crippen molar-refractivity contribution in [2.45, 2.75) is 45.1 Å². The molecule has 0 saturated carbocycles. The molecule has 3 nitrogen and oxygen atoms in total. The predicted octanol–water partition coefficient (Wildman–Crippen LogP) is 4.20. The lowest BCUT2D eigenvalue weighted by Crippen LogP contribution is -2.25. The number of aromatic nitrogens is 1. The number of ether oxygens (including phenoxy) is 1. The Balaban J connectivity index is 2.08. The van der Waals surface area contributed by atoms with Crippen LogP contribution in [0.1, 0.15) is 43.7 Å². The quantitative estimate of drug-likeness (QED) is 0.777. The van der Waals surface area contributed by atoms with Gasteiger partial charge >= 0.3 is 5.97 Å². The summed E-state index contributed by atoms with van der Waals surface area (Å²) in [5, 5.41) is 2.94. The number of benzene rings is 1. The van der Waals surface area contributed by atoms with Crippen LogP contribution < -0.4 is 0 Å². The third-order valence-electron chi connectivity index (χ3n) is 2.96. The first kappa shape index (κ1) is 15.7. The minimum Gasteiger partial charge on any atom is -0.460 e. The molecule has 1 atom stereocenters. The first-order valence-corrected chi connectivity index (χ1v) is 7.97. The standard InChI is InChI=1S/C17H21NO2S/c1-17(2,3)20-15(19)12-14(16-18-9-10-21-16)11-13-7-5-4-6-8-13/h4-10,14H,11-12H2,1-3H3/t14-/m1/s1. The lowest BCUT2D eigenvalue weighted by Gasteiger charge is -2.21. The normalized spacial score (nSPS) is 12.9. The van der Waals surface area contributed by atoms with Crippen LogP contribution in [0.4, 0.5) is 0 Å². The Morgan fingerprint density at radius 1 is 1.29 bits per heavy atom. The van der Waals surface area contributed by atoms with E-state index < -0.39 is 5.60 Å². The van der Waals surface area contributed by atoms with Crippen molar-refractivity contribution < 1.29 is 9.53 Å². The molecule has 0 aliphatic rings. The highest BCUT2D eigenvalue weighted by Gasteiger charge is 2.23. The van der Waals surface area contributed by atoms with Crippen LogP contribution >= 0.6 is 11.3 Å². The van der Waals surface area contributed by atoms with Crippen molar-refractivity contribution >= 4 is 17.3 Å². The lowest BCUT2D eigenvalue weighted by atomic mass is 9.96. The number of carbonyl (C=O) groups excluding carboxylic acids is 1. The summed E-state index contributed by atoms with van der Waals surface area (Å²) in [6, 6.07) is 10.2. The second-order valence-corrected chi connectivity index (χ2v) is 6.97. The van der Waals surface area contributed by atoms with E-state index in [1.54, 1.807) is 17.5 Å². The summed E-state index contributed by atoms with van der Waals surface area (Å²) in [6.45, 7) is 5.67. The summed E-state index contributed by atoms with van der Waals surface area (Å²) in [4.78, 5) is 16.5. The second-order valence-electron chi connectivity index (χ2n) is 6.05. The molecule has 0 spiro atoms. The SMILES string of the molecule is CC(C)(C)OC(=O)C[C@@H](Cc1ccccc1)c1nccs1. The molecule has 2 aromatic rings. The number of hydrogen-bond acceptors (Lipinski definition) is 4. The van der Waals surface area contributed by atoms with E-state index in [9.17, 15) is 4.79 Å². The molecule has 0 N–H and O–H groups in total. The van der Waals surface area contributed by atoms with E-state index in [-0.39, 0.29) is 11.9 Å². The van der Waals surface area contributed by atoms with Gasteiger partial charge < -0.3 is 4.74 Å². The van der Waals surface area contributed by atoms with Gasteiger partial charge in [0.2, 0.25) is 0 Å². The van der Waals surface area contributed by atoms with Gasteiger partial charge in [-0.25, -0.2) is 4.98 Å². The molecule has 1 aromatic heterocycles. The Morgan fingerprint density at radius 3 is 2.57 bits per heavy atom. The van der Waals surface area contributed by atoms with Crippen molar-refractivity contribution in [3.8, 4) is 0 Å². The van der Waals surface area contributed by atoms with E-state index in [2.05, 4.69) is 17.1 Å². The Hall–Kier alpha value is -1.68. The van der Waals surface area contributed by atoms with Gasteiger partial charge in [-0.05, 0) is 32.8 Å². The van der Waals surface area contributed by atoms with E-state index in [1.807, 2.05) is 44.4 Å². The molecule has 0 amide bonds. The van der Waals surface area contributed by atoms with Crippen LogP contribution in [0.3, 0.4) is 0 Å². The number of thiazole rings is 1. The first-order chi connectivity index (χ1) is 9.94. The molecule has 0 unspecified atom stereocenters. The van der Waals surface area contributed by atoms with E-state index in [0.717, 1.165) is 11.4 Å². The molecule has 0 aliphatic carbocycles. The largest absolute Gasteiger partial charge is 0.460 e. The van der Waals surface area contributed by atoms with Crippen molar-refractivity contribution in [2.75, 3.05) is 0 Å². The van der Waals surface area contributed by atoms with Crippen molar-refractivity contribution in [3.05, 3.63) is 52.5 Å². The summed E-state index contributed by atoms with van der Waals surface area (Å²) >= 11 is 1.59. The highest BCUT2D eigenvalue weighted by molar-refractivity contribution is 7.09. The number of nitrogens with zero attached hydrogens (tertiary/aromatic N) is 1. The monoisotopic (exact) mass is 303 g/mol. The predicted molar refractivity (Wildman–Crippen MR) is 85.5 cm³/mol. The van der Waals surface area contributed by atoms with Crippen molar-refractivity contribution in [1.82, 2.24) is 4.98 Å². The number of carbonyl (C=O) groups is 1. The van der Waals surface area contributed by atoms with Crippen LogP contribution in [-0.4, -0.2) is 16.6 Å². The molecule has 1 aromatic carbocycles. The summed E-state index contributed by atoms with van der Waals surface area (Å²) in [7, 11) is 0. The summed E-state index contributed by atoms with van der Waals surface area (Å²) in [5.74, 6) is -0.0964. The van der Waals surface area contributed by atoms with Gasteiger partial charge in [-0.1, -0.05) is 30.3 Å². The van der Waals surface area contributed by atoms with Gasteiger partial charge in [0.25, 0.3) is 0 Å². The van der Waals surface area contributed by atoms with E-state index in [1.165, 1.54) is 5.56 Å².